The highest BCUT2D eigenvalue weighted by atomic mass is 16.6. The zero-order valence-electron chi connectivity index (χ0n) is 15.6. The topological polar surface area (TPSA) is 105 Å². The number of esters is 1. The van der Waals surface area contributed by atoms with Gasteiger partial charge in [-0.2, -0.15) is 0 Å². The maximum absolute atomic E-state index is 12.2. The summed E-state index contributed by atoms with van der Waals surface area (Å²) in [4.78, 5) is 35.0. The van der Waals surface area contributed by atoms with Gasteiger partial charge in [0.1, 0.15) is 19.3 Å². The Morgan fingerprint density at radius 1 is 1.03 bits per heavy atom. The lowest BCUT2D eigenvalue weighted by molar-refractivity contribution is -0.306. The van der Waals surface area contributed by atoms with Crippen molar-refractivity contribution in [3.05, 3.63) is 72.3 Å². The molecule has 29 heavy (non-hydrogen) atoms. The van der Waals surface area contributed by atoms with Crippen molar-refractivity contribution in [1.29, 1.82) is 0 Å². The van der Waals surface area contributed by atoms with E-state index in [1.807, 2.05) is 48.5 Å². The van der Waals surface area contributed by atoms with Gasteiger partial charge in [-0.05, 0) is 22.3 Å². The minimum atomic E-state index is -1.50. The van der Waals surface area contributed by atoms with Crippen LogP contribution in [-0.4, -0.2) is 37.3 Å². The molecule has 1 N–H and O–H groups in total. The molecule has 0 aliphatic heterocycles. The van der Waals surface area contributed by atoms with Gasteiger partial charge in [0, 0.05) is 18.3 Å². The van der Waals surface area contributed by atoms with Crippen LogP contribution in [0.1, 0.15) is 23.5 Å². The highest BCUT2D eigenvalue weighted by Gasteiger charge is 2.30. The number of rotatable bonds is 8. The summed E-state index contributed by atoms with van der Waals surface area (Å²) in [7, 11) is 0. The molecule has 0 aromatic heterocycles. The van der Waals surface area contributed by atoms with E-state index in [0.717, 1.165) is 22.3 Å². The predicted molar refractivity (Wildman–Crippen MR) is 103 cm³/mol. The molecule has 7 nitrogen and oxygen atoms in total. The summed E-state index contributed by atoms with van der Waals surface area (Å²) in [6.07, 6.45) is -0.296. The Balaban J connectivity index is 1.67. The first kappa shape index (κ1) is 20.1. The van der Waals surface area contributed by atoms with Crippen LogP contribution in [0.15, 0.2) is 61.2 Å². The number of nitrogens with one attached hydrogen (secondary N) is 1. The number of hydrogen-bond donors (Lipinski definition) is 1. The molecule has 0 spiro atoms. The second-order valence-electron chi connectivity index (χ2n) is 6.52. The predicted octanol–water partition coefficient (Wildman–Crippen LogP) is 1.76. The van der Waals surface area contributed by atoms with Crippen LogP contribution in [0.5, 0.6) is 0 Å². The lowest BCUT2D eigenvalue weighted by Crippen LogP contribution is -2.46. The van der Waals surface area contributed by atoms with E-state index in [0.29, 0.717) is 0 Å². The maximum Gasteiger partial charge on any atom is 0.407 e. The van der Waals surface area contributed by atoms with Gasteiger partial charge in [-0.15, -0.1) is 0 Å². The minimum absolute atomic E-state index is 0.0413. The normalized spacial score (nSPS) is 13.0. The van der Waals surface area contributed by atoms with E-state index in [1.54, 1.807) is 0 Å². The average Bonchev–Trinajstić information content (AvgIpc) is 3.03. The summed E-state index contributed by atoms with van der Waals surface area (Å²) in [5.74, 6) is -2.55. The van der Waals surface area contributed by atoms with Gasteiger partial charge in [0.15, 0.2) is 0 Å². The molecule has 1 atom stereocenters. The smallest absolute Gasteiger partial charge is 0.407 e. The molecule has 0 fully saturated rings. The van der Waals surface area contributed by atoms with Crippen LogP contribution in [0.25, 0.3) is 11.1 Å². The molecule has 150 valence electrons. The molecule has 0 saturated carbocycles. The summed E-state index contributed by atoms with van der Waals surface area (Å²) >= 11 is 0. The fourth-order valence-corrected chi connectivity index (χ4v) is 3.38. The third-order valence-corrected chi connectivity index (χ3v) is 4.63. The van der Waals surface area contributed by atoms with Gasteiger partial charge >= 0.3 is 12.1 Å². The first-order valence-electron chi connectivity index (χ1n) is 9.10. The Hall–Kier alpha value is -3.61. The lowest BCUT2D eigenvalue weighted by Gasteiger charge is -2.19. The molecule has 0 heterocycles. The first-order valence-corrected chi connectivity index (χ1v) is 9.10. The number of alkyl carbamates (subject to hydrolysis) is 1. The lowest BCUT2D eigenvalue weighted by atomic mass is 9.98. The second-order valence-corrected chi connectivity index (χ2v) is 6.52. The third-order valence-electron chi connectivity index (χ3n) is 4.63. The molecule has 7 heteroatoms. The Morgan fingerprint density at radius 2 is 1.62 bits per heavy atom. The molecule has 3 rings (SSSR count). The number of carbonyl (C=O) groups is 3. The third kappa shape index (κ3) is 4.63. The van der Waals surface area contributed by atoms with Crippen LogP contribution in [-0.2, 0) is 19.1 Å². The highest BCUT2D eigenvalue weighted by Crippen LogP contribution is 2.44. The average molecular weight is 394 g/mol. The quantitative estimate of drug-likeness (QED) is 0.540. The number of carboxylic acids is 1. The van der Waals surface area contributed by atoms with E-state index in [1.165, 1.54) is 6.08 Å². The Labute approximate surface area is 167 Å². The second kappa shape index (κ2) is 9.05. The molecule has 1 aliphatic rings. The number of carbonyl (C=O) groups excluding carboxylic acids is 3. The summed E-state index contributed by atoms with van der Waals surface area (Å²) in [6, 6.07) is 14.3. The molecule has 2 aromatic carbocycles. The van der Waals surface area contributed by atoms with Crippen molar-refractivity contribution in [2.45, 2.75) is 18.4 Å². The van der Waals surface area contributed by atoms with E-state index in [2.05, 4.69) is 11.9 Å². The van der Waals surface area contributed by atoms with E-state index in [9.17, 15) is 19.5 Å². The fourth-order valence-electron chi connectivity index (χ4n) is 3.38. The number of carboxylic acid groups (broad SMARTS) is 1. The van der Waals surface area contributed by atoms with Crippen LogP contribution in [0, 0.1) is 0 Å². The van der Waals surface area contributed by atoms with Crippen molar-refractivity contribution in [3.8, 4) is 11.1 Å². The van der Waals surface area contributed by atoms with Gasteiger partial charge in [0.25, 0.3) is 0 Å². The Kier molecular flexibility index (Phi) is 6.29. The van der Waals surface area contributed by atoms with Crippen molar-refractivity contribution in [3.63, 3.8) is 0 Å². The van der Waals surface area contributed by atoms with Crippen LogP contribution in [0.3, 0.4) is 0 Å². The van der Waals surface area contributed by atoms with Gasteiger partial charge < -0.3 is 24.7 Å². The summed E-state index contributed by atoms with van der Waals surface area (Å²) in [5.41, 5.74) is 4.25. The van der Waals surface area contributed by atoms with Crippen LogP contribution >= 0.6 is 0 Å². The van der Waals surface area contributed by atoms with Crippen molar-refractivity contribution < 1.29 is 29.0 Å². The van der Waals surface area contributed by atoms with Gasteiger partial charge in [-0.25, -0.2) is 9.59 Å². The van der Waals surface area contributed by atoms with Crippen molar-refractivity contribution in [2.24, 2.45) is 0 Å². The van der Waals surface area contributed by atoms with E-state index in [4.69, 9.17) is 9.47 Å². The molecule has 1 amide bonds. The molecule has 0 bridgehead atoms. The fraction of sp³-hybridized carbons (Fsp3) is 0.227. The van der Waals surface area contributed by atoms with E-state index >= 15 is 0 Å². The highest BCUT2D eigenvalue weighted by molar-refractivity contribution is 5.85. The van der Waals surface area contributed by atoms with Crippen molar-refractivity contribution in [2.75, 3.05) is 13.2 Å². The summed E-state index contributed by atoms with van der Waals surface area (Å²) in [5, 5.41) is 13.1. The van der Waals surface area contributed by atoms with Crippen molar-refractivity contribution in [1.82, 2.24) is 5.32 Å². The zero-order chi connectivity index (χ0) is 20.8. The molecular formula is C22H20NO6-. The largest absolute Gasteiger partial charge is 0.550 e. The number of amides is 1. The minimum Gasteiger partial charge on any atom is -0.550 e. The molecule has 1 aliphatic carbocycles. The van der Waals surface area contributed by atoms with Gasteiger partial charge in [0.2, 0.25) is 0 Å². The molecule has 0 saturated heterocycles. The number of ether oxygens (including phenoxy) is 2. The molecule has 0 unspecified atom stereocenters. The van der Waals surface area contributed by atoms with E-state index in [-0.39, 0.29) is 19.1 Å². The van der Waals surface area contributed by atoms with E-state index < -0.39 is 30.5 Å². The molecule has 0 radical (unpaired) electrons. The standard InChI is InChI=1S/C22H21NO6/c1-2-11-28-21(26)19(12-20(24)25)23-22(27)29-13-18-16-9-5-3-7-14(16)15-8-4-6-10-17(15)18/h2-10,18-19H,1,11-13H2,(H,23,27)(H,24,25)/p-1/t19-/m1/s1. The van der Waals surface area contributed by atoms with Gasteiger partial charge in [-0.3, -0.25) is 0 Å². The van der Waals surface area contributed by atoms with Gasteiger partial charge in [0.05, 0.1) is 0 Å². The van der Waals surface area contributed by atoms with Crippen LogP contribution < -0.4 is 10.4 Å². The molecular weight excluding hydrogens is 374 g/mol. The van der Waals surface area contributed by atoms with Crippen LogP contribution in [0.2, 0.25) is 0 Å². The summed E-state index contributed by atoms with van der Waals surface area (Å²) < 4.78 is 10.1. The van der Waals surface area contributed by atoms with Crippen molar-refractivity contribution >= 4 is 18.0 Å². The summed E-state index contributed by atoms with van der Waals surface area (Å²) in [6.45, 7) is 3.35. The number of fused-ring (bicyclic) bond motifs is 3. The van der Waals surface area contributed by atoms with Gasteiger partial charge in [-0.1, -0.05) is 61.2 Å². The number of hydrogen-bond acceptors (Lipinski definition) is 6. The zero-order valence-corrected chi connectivity index (χ0v) is 15.6. The monoisotopic (exact) mass is 394 g/mol. The maximum atomic E-state index is 12.2. The first-order chi connectivity index (χ1) is 14.0. The van der Waals surface area contributed by atoms with Crippen LogP contribution in [0.4, 0.5) is 4.79 Å². The Bertz CT molecular complexity index is 893. The number of aliphatic carboxylic acids is 1. The molecule has 2 aromatic rings. The number of benzene rings is 2. The Morgan fingerprint density at radius 3 is 2.17 bits per heavy atom. The SMILES string of the molecule is C=CCOC(=O)[C@@H](CC(=O)[O-])NC(=O)OCC1c2ccccc2-c2ccccc21.